The van der Waals surface area contributed by atoms with Crippen LogP contribution in [0.2, 0.25) is 5.02 Å². The lowest BCUT2D eigenvalue weighted by Crippen LogP contribution is -2.30. The first-order chi connectivity index (χ1) is 15.1. The van der Waals surface area contributed by atoms with E-state index in [1.807, 2.05) is 6.92 Å². The summed E-state index contributed by atoms with van der Waals surface area (Å²) in [6.45, 7) is 7.71. The van der Waals surface area contributed by atoms with Gasteiger partial charge in [-0.1, -0.05) is 43.6 Å². The van der Waals surface area contributed by atoms with Gasteiger partial charge in [-0.2, -0.15) is 4.31 Å². The molecule has 2 aromatic rings. The first-order valence-electron chi connectivity index (χ1n) is 10.4. The number of hydrogen-bond donors (Lipinski definition) is 1. The molecule has 174 valence electrons. The zero-order valence-corrected chi connectivity index (χ0v) is 20.3. The number of carbonyl (C=O) groups is 2. The number of sulfonamides is 1. The molecule has 2 aromatic carbocycles. The van der Waals surface area contributed by atoms with Crippen LogP contribution in [-0.4, -0.2) is 43.8 Å². The summed E-state index contributed by atoms with van der Waals surface area (Å²) >= 11 is 5.96. The van der Waals surface area contributed by atoms with Crippen molar-refractivity contribution in [2.24, 2.45) is 0 Å². The molecule has 0 aliphatic heterocycles. The van der Waals surface area contributed by atoms with Gasteiger partial charge in [0.15, 0.2) is 6.10 Å². The number of nitrogens with zero attached hydrogens (tertiary/aromatic N) is 1. The van der Waals surface area contributed by atoms with Crippen molar-refractivity contribution in [1.82, 2.24) is 4.31 Å². The van der Waals surface area contributed by atoms with Crippen LogP contribution in [-0.2, 0) is 30.8 Å². The Morgan fingerprint density at radius 2 is 1.72 bits per heavy atom. The molecule has 0 aliphatic rings. The molecule has 9 heteroatoms. The number of anilines is 1. The summed E-state index contributed by atoms with van der Waals surface area (Å²) in [7, 11) is -3.52. The molecule has 0 spiro atoms. The number of nitrogens with one attached hydrogen (secondary N) is 1. The molecule has 0 radical (unpaired) electrons. The van der Waals surface area contributed by atoms with Crippen molar-refractivity contribution in [3.63, 3.8) is 0 Å². The number of aryl methyl sites for hydroxylation is 2. The summed E-state index contributed by atoms with van der Waals surface area (Å²) in [5.41, 5.74) is 2.20. The van der Waals surface area contributed by atoms with E-state index in [9.17, 15) is 18.0 Å². The second kappa shape index (κ2) is 11.4. The van der Waals surface area contributed by atoms with Gasteiger partial charge in [0.25, 0.3) is 5.91 Å². The summed E-state index contributed by atoms with van der Waals surface area (Å²) in [6, 6.07) is 11.6. The molecule has 1 N–H and O–H groups in total. The molecular formula is C23H29ClN2O5S. The van der Waals surface area contributed by atoms with Crippen LogP contribution < -0.4 is 5.32 Å². The van der Waals surface area contributed by atoms with E-state index in [1.165, 1.54) is 23.4 Å². The van der Waals surface area contributed by atoms with Crippen molar-refractivity contribution in [1.29, 1.82) is 0 Å². The fourth-order valence-corrected chi connectivity index (χ4v) is 4.69. The third-order valence-electron chi connectivity index (χ3n) is 5.02. The van der Waals surface area contributed by atoms with E-state index < -0.39 is 28.0 Å². The monoisotopic (exact) mass is 480 g/mol. The number of amides is 1. The highest BCUT2D eigenvalue weighted by molar-refractivity contribution is 7.89. The minimum Gasteiger partial charge on any atom is -0.453 e. The van der Waals surface area contributed by atoms with E-state index in [0.29, 0.717) is 30.2 Å². The minimum absolute atomic E-state index is 0.0654. The van der Waals surface area contributed by atoms with Crippen molar-refractivity contribution in [3.8, 4) is 0 Å². The summed E-state index contributed by atoms with van der Waals surface area (Å²) in [6.07, 6.45) is -0.537. The predicted octanol–water partition coefficient (Wildman–Crippen LogP) is 4.18. The number of halogens is 1. The number of ether oxygens (including phenoxy) is 1. The van der Waals surface area contributed by atoms with Crippen molar-refractivity contribution >= 4 is 39.2 Å². The molecule has 0 aromatic heterocycles. The Hall–Kier alpha value is -2.42. The molecule has 1 amide bonds. The minimum atomic E-state index is -3.52. The first kappa shape index (κ1) is 25.8. The van der Waals surface area contributed by atoms with E-state index in [-0.39, 0.29) is 11.3 Å². The number of benzene rings is 2. The summed E-state index contributed by atoms with van der Waals surface area (Å²) < 4.78 is 31.7. The largest absolute Gasteiger partial charge is 0.453 e. The molecule has 0 aliphatic carbocycles. The summed E-state index contributed by atoms with van der Waals surface area (Å²) in [4.78, 5) is 24.7. The van der Waals surface area contributed by atoms with Crippen molar-refractivity contribution in [2.75, 3.05) is 18.4 Å². The lowest BCUT2D eigenvalue weighted by atomic mass is 10.1. The summed E-state index contributed by atoms with van der Waals surface area (Å²) in [5, 5.41) is 3.20. The van der Waals surface area contributed by atoms with Gasteiger partial charge in [-0.3, -0.25) is 9.59 Å². The van der Waals surface area contributed by atoms with Crippen molar-refractivity contribution in [2.45, 2.75) is 51.5 Å². The van der Waals surface area contributed by atoms with Crippen LogP contribution >= 0.6 is 11.6 Å². The van der Waals surface area contributed by atoms with Crippen LogP contribution in [0.5, 0.6) is 0 Å². The normalized spacial score (nSPS) is 12.4. The Morgan fingerprint density at radius 1 is 1.09 bits per heavy atom. The van der Waals surface area contributed by atoms with E-state index in [2.05, 4.69) is 5.32 Å². The van der Waals surface area contributed by atoms with E-state index in [1.54, 1.807) is 44.2 Å². The molecule has 0 saturated heterocycles. The van der Waals surface area contributed by atoms with Crippen LogP contribution in [0.4, 0.5) is 5.69 Å². The molecule has 1 unspecified atom stereocenters. The first-order valence-corrected chi connectivity index (χ1v) is 12.3. The molecule has 32 heavy (non-hydrogen) atoms. The van der Waals surface area contributed by atoms with E-state index >= 15 is 0 Å². The van der Waals surface area contributed by atoms with Gasteiger partial charge in [0.1, 0.15) is 0 Å². The Kier molecular flexibility index (Phi) is 9.24. The zero-order chi connectivity index (χ0) is 23.9. The van der Waals surface area contributed by atoms with Crippen molar-refractivity contribution in [3.05, 3.63) is 58.6 Å². The number of hydrogen-bond acceptors (Lipinski definition) is 5. The highest BCUT2D eigenvalue weighted by Crippen LogP contribution is 2.21. The second-order valence-corrected chi connectivity index (χ2v) is 9.69. The van der Waals surface area contributed by atoms with Crippen molar-refractivity contribution < 1.29 is 22.7 Å². The lowest BCUT2D eigenvalue weighted by molar-refractivity contribution is -0.153. The van der Waals surface area contributed by atoms with Gasteiger partial charge >= 0.3 is 5.97 Å². The number of carbonyl (C=O) groups excluding carboxylic acids is 2. The fourth-order valence-electron chi connectivity index (χ4n) is 3.06. The Morgan fingerprint density at radius 3 is 2.31 bits per heavy atom. The number of rotatable bonds is 10. The maximum atomic E-state index is 12.5. The Labute approximate surface area is 194 Å². The molecule has 1 atom stereocenters. The highest BCUT2D eigenvalue weighted by atomic mass is 35.5. The lowest BCUT2D eigenvalue weighted by Gasteiger charge is -2.18. The van der Waals surface area contributed by atoms with Crippen LogP contribution in [0.3, 0.4) is 0 Å². The van der Waals surface area contributed by atoms with Gasteiger partial charge in [0, 0.05) is 30.2 Å². The SMILES string of the molecule is CCN(CC)S(=O)(=O)c1ccc(CCC(=O)OC(C)C(=O)Nc2cc(Cl)ccc2C)cc1. The van der Waals surface area contributed by atoms with Gasteiger partial charge < -0.3 is 10.1 Å². The summed E-state index contributed by atoms with van der Waals surface area (Å²) in [5.74, 6) is -0.968. The topological polar surface area (TPSA) is 92.8 Å². The Balaban J connectivity index is 1.89. The molecule has 0 heterocycles. The zero-order valence-electron chi connectivity index (χ0n) is 18.7. The van der Waals surface area contributed by atoms with E-state index in [0.717, 1.165) is 11.1 Å². The fraction of sp³-hybridized carbons (Fsp3) is 0.391. The quantitative estimate of drug-likeness (QED) is 0.515. The molecular weight excluding hydrogens is 452 g/mol. The van der Waals surface area contributed by atoms with Crippen LogP contribution in [0.15, 0.2) is 47.4 Å². The highest BCUT2D eigenvalue weighted by Gasteiger charge is 2.22. The molecule has 0 bridgehead atoms. The third-order valence-corrected chi connectivity index (χ3v) is 7.32. The average Bonchev–Trinajstić information content (AvgIpc) is 2.75. The van der Waals surface area contributed by atoms with Gasteiger partial charge in [-0.05, 0) is 55.7 Å². The van der Waals surface area contributed by atoms with E-state index in [4.69, 9.17) is 16.3 Å². The van der Waals surface area contributed by atoms with Gasteiger partial charge in [0.05, 0.1) is 4.90 Å². The van der Waals surface area contributed by atoms with Gasteiger partial charge in [0.2, 0.25) is 10.0 Å². The van der Waals surface area contributed by atoms with Gasteiger partial charge in [-0.15, -0.1) is 0 Å². The smallest absolute Gasteiger partial charge is 0.306 e. The van der Waals surface area contributed by atoms with Gasteiger partial charge in [-0.25, -0.2) is 8.42 Å². The van der Waals surface area contributed by atoms with Crippen LogP contribution in [0.25, 0.3) is 0 Å². The number of esters is 1. The third kappa shape index (κ3) is 6.79. The Bertz CT molecular complexity index is 1050. The maximum absolute atomic E-state index is 12.5. The maximum Gasteiger partial charge on any atom is 0.306 e. The standard InChI is InChI=1S/C23H29ClN2O5S/c1-5-26(6-2)32(29,30)20-12-8-18(9-13-20)10-14-22(27)31-17(4)23(28)25-21-15-19(24)11-7-16(21)3/h7-9,11-13,15,17H,5-6,10,14H2,1-4H3,(H,25,28). The average molecular weight is 481 g/mol. The van der Waals surface area contributed by atoms with Crippen LogP contribution in [0, 0.1) is 6.92 Å². The molecule has 7 nitrogen and oxygen atoms in total. The second-order valence-electron chi connectivity index (χ2n) is 7.31. The molecule has 2 rings (SSSR count). The molecule has 0 fully saturated rings. The molecule has 0 saturated carbocycles. The van der Waals surface area contributed by atoms with Crippen LogP contribution in [0.1, 0.15) is 38.3 Å². The predicted molar refractivity (Wildman–Crippen MR) is 125 cm³/mol.